The number of nitrogens with zero attached hydrogens (tertiary/aromatic N) is 4. The number of aromatic nitrogens is 3. The second kappa shape index (κ2) is 6.72. The van der Waals surface area contributed by atoms with Crippen molar-refractivity contribution in [3.8, 4) is 0 Å². The molecule has 1 aliphatic rings. The summed E-state index contributed by atoms with van der Waals surface area (Å²) < 4.78 is 1.74. The lowest BCUT2D eigenvalue weighted by Gasteiger charge is -2.34. The average molecular weight is 384 g/mol. The van der Waals surface area contributed by atoms with Crippen LogP contribution in [0.1, 0.15) is 34.0 Å². The molecule has 4 N–H and O–H groups in total. The van der Waals surface area contributed by atoms with Crippen LogP contribution in [0.5, 0.6) is 0 Å². The number of hydrogen-bond donors (Lipinski definition) is 3. The van der Waals surface area contributed by atoms with Crippen molar-refractivity contribution in [3.63, 3.8) is 0 Å². The molecule has 3 aromatic rings. The molecule has 1 aliphatic heterocycles. The molecule has 0 aliphatic carbocycles. The monoisotopic (exact) mass is 384 g/mol. The molecule has 0 fully saturated rings. The highest BCUT2D eigenvalue weighted by atomic mass is 32.1. The summed E-state index contributed by atoms with van der Waals surface area (Å²) in [6.07, 6.45) is 5.37. The number of amides is 1. The zero-order valence-corrected chi connectivity index (χ0v) is 14.8. The number of aromatic carboxylic acids is 1. The Kier molecular flexibility index (Phi) is 4.24. The summed E-state index contributed by atoms with van der Waals surface area (Å²) in [6.45, 7) is 0. The highest BCUT2D eigenvalue weighted by Gasteiger charge is 2.40. The zero-order chi connectivity index (χ0) is 19.0. The standard InChI is InChI=1S/C17H16N6O3S/c18-12(24)8-13(22-6-5-19-9-22)23-14-10(17(25)26)3-4-20-15(14)21-16(23)11-2-1-7-27-11/h1-7,9,13,16H,8H2,(H2,18,24)(H,20,21)(H,25,26). The Bertz CT molecular complexity index is 973. The maximum absolute atomic E-state index is 11.8. The Labute approximate surface area is 158 Å². The van der Waals surface area contributed by atoms with Gasteiger partial charge < -0.3 is 25.6 Å². The van der Waals surface area contributed by atoms with Gasteiger partial charge in [-0.05, 0) is 17.5 Å². The molecule has 9 nitrogen and oxygen atoms in total. The molecule has 138 valence electrons. The van der Waals surface area contributed by atoms with E-state index in [-0.39, 0.29) is 18.2 Å². The summed E-state index contributed by atoms with van der Waals surface area (Å²) in [5.41, 5.74) is 6.02. The van der Waals surface area contributed by atoms with Crippen LogP contribution >= 0.6 is 11.3 Å². The van der Waals surface area contributed by atoms with Crippen LogP contribution in [0.25, 0.3) is 0 Å². The molecule has 0 saturated carbocycles. The first-order valence-corrected chi connectivity index (χ1v) is 9.00. The third-order valence-electron chi connectivity index (χ3n) is 4.35. The first kappa shape index (κ1) is 17.0. The molecule has 1 amide bonds. The van der Waals surface area contributed by atoms with Gasteiger partial charge in [0.15, 0.2) is 5.82 Å². The number of rotatable bonds is 6. The quantitative estimate of drug-likeness (QED) is 0.593. The van der Waals surface area contributed by atoms with E-state index in [4.69, 9.17) is 5.73 Å². The van der Waals surface area contributed by atoms with E-state index >= 15 is 0 Å². The largest absolute Gasteiger partial charge is 0.478 e. The molecule has 4 heterocycles. The number of carbonyl (C=O) groups excluding carboxylic acids is 1. The second-order valence-corrected chi connectivity index (χ2v) is 6.97. The molecule has 10 heteroatoms. The summed E-state index contributed by atoms with van der Waals surface area (Å²) in [5, 5.41) is 14.9. The van der Waals surface area contributed by atoms with Crippen LogP contribution in [0.4, 0.5) is 11.5 Å². The number of anilines is 2. The fourth-order valence-electron chi connectivity index (χ4n) is 3.27. The van der Waals surface area contributed by atoms with Crippen LogP contribution in [0.3, 0.4) is 0 Å². The van der Waals surface area contributed by atoms with Crippen molar-refractivity contribution >= 4 is 34.7 Å². The smallest absolute Gasteiger partial charge is 0.338 e. The molecule has 0 aromatic carbocycles. The maximum atomic E-state index is 11.8. The molecule has 2 atom stereocenters. The molecule has 0 saturated heterocycles. The van der Waals surface area contributed by atoms with Gasteiger partial charge in [0.1, 0.15) is 12.3 Å². The van der Waals surface area contributed by atoms with E-state index in [1.54, 1.807) is 23.3 Å². The van der Waals surface area contributed by atoms with Crippen molar-refractivity contribution in [2.24, 2.45) is 5.73 Å². The summed E-state index contributed by atoms with van der Waals surface area (Å²) in [4.78, 5) is 34.8. The number of pyridine rings is 1. The van der Waals surface area contributed by atoms with Crippen molar-refractivity contribution in [1.29, 1.82) is 0 Å². The number of carboxylic acid groups (broad SMARTS) is 1. The molecule has 0 radical (unpaired) electrons. The minimum absolute atomic E-state index is 0.0205. The average Bonchev–Trinajstić information content (AvgIpc) is 3.38. The van der Waals surface area contributed by atoms with Crippen molar-refractivity contribution < 1.29 is 14.7 Å². The van der Waals surface area contributed by atoms with E-state index in [9.17, 15) is 14.7 Å². The fourth-order valence-corrected chi connectivity index (χ4v) is 4.04. The van der Waals surface area contributed by atoms with Gasteiger partial charge in [-0.1, -0.05) is 6.07 Å². The first-order valence-electron chi connectivity index (χ1n) is 8.12. The van der Waals surface area contributed by atoms with Gasteiger partial charge in [0, 0.05) is 23.5 Å². The molecular formula is C17H16N6O3S. The van der Waals surface area contributed by atoms with Gasteiger partial charge in [0.05, 0.1) is 24.0 Å². The molecular weight excluding hydrogens is 368 g/mol. The van der Waals surface area contributed by atoms with Crippen molar-refractivity contribution in [2.75, 3.05) is 10.2 Å². The number of primary amides is 1. The maximum Gasteiger partial charge on any atom is 0.338 e. The Hall–Kier alpha value is -3.40. The van der Waals surface area contributed by atoms with Gasteiger partial charge >= 0.3 is 5.97 Å². The second-order valence-electron chi connectivity index (χ2n) is 5.99. The molecule has 0 bridgehead atoms. The highest BCUT2D eigenvalue weighted by Crippen LogP contribution is 2.47. The van der Waals surface area contributed by atoms with Crippen LogP contribution in [-0.4, -0.2) is 31.5 Å². The Morgan fingerprint density at radius 3 is 2.85 bits per heavy atom. The van der Waals surface area contributed by atoms with E-state index < -0.39 is 18.0 Å². The number of carbonyl (C=O) groups is 2. The third-order valence-corrected chi connectivity index (χ3v) is 5.28. The number of nitrogens with one attached hydrogen (secondary N) is 1. The topological polar surface area (TPSA) is 126 Å². The van der Waals surface area contributed by atoms with Gasteiger partial charge in [-0.2, -0.15) is 0 Å². The van der Waals surface area contributed by atoms with E-state index in [0.29, 0.717) is 11.5 Å². The van der Waals surface area contributed by atoms with Crippen LogP contribution in [0.15, 0.2) is 48.5 Å². The van der Waals surface area contributed by atoms with E-state index in [2.05, 4.69) is 15.3 Å². The highest BCUT2D eigenvalue weighted by molar-refractivity contribution is 7.10. The summed E-state index contributed by atoms with van der Waals surface area (Å²) in [5.74, 6) is -1.13. The first-order chi connectivity index (χ1) is 13.1. The minimum atomic E-state index is -1.07. The summed E-state index contributed by atoms with van der Waals surface area (Å²) in [6, 6.07) is 5.30. The van der Waals surface area contributed by atoms with Crippen LogP contribution in [0, 0.1) is 0 Å². The van der Waals surface area contributed by atoms with Crippen LogP contribution in [-0.2, 0) is 4.79 Å². The van der Waals surface area contributed by atoms with E-state index in [1.165, 1.54) is 23.6 Å². The number of nitrogens with two attached hydrogens (primary N) is 1. The predicted molar refractivity (Wildman–Crippen MR) is 99.4 cm³/mol. The molecule has 3 aromatic heterocycles. The van der Waals surface area contributed by atoms with Gasteiger partial charge in [-0.15, -0.1) is 11.3 Å². The summed E-state index contributed by atoms with van der Waals surface area (Å²) >= 11 is 1.52. The lowest BCUT2D eigenvalue weighted by molar-refractivity contribution is -0.118. The Balaban J connectivity index is 1.90. The van der Waals surface area contributed by atoms with Crippen molar-refractivity contribution in [3.05, 3.63) is 58.9 Å². The van der Waals surface area contributed by atoms with Gasteiger partial charge in [0.2, 0.25) is 5.91 Å². The number of carboxylic acids is 1. The van der Waals surface area contributed by atoms with Crippen LogP contribution < -0.4 is 16.0 Å². The Morgan fingerprint density at radius 2 is 2.22 bits per heavy atom. The summed E-state index contributed by atoms with van der Waals surface area (Å²) in [7, 11) is 0. The van der Waals surface area contributed by atoms with E-state index in [0.717, 1.165) is 4.88 Å². The van der Waals surface area contributed by atoms with Crippen LogP contribution in [0.2, 0.25) is 0 Å². The molecule has 27 heavy (non-hydrogen) atoms. The van der Waals surface area contributed by atoms with E-state index in [1.807, 2.05) is 22.4 Å². The lowest BCUT2D eigenvalue weighted by atomic mass is 10.1. The van der Waals surface area contributed by atoms with Crippen molar-refractivity contribution in [2.45, 2.75) is 18.8 Å². The fraction of sp³-hybridized carbons (Fsp3) is 0.176. The normalized spacial score (nSPS) is 16.6. The number of fused-ring (bicyclic) bond motifs is 1. The Morgan fingerprint density at radius 1 is 1.37 bits per heavy atom. The van der Waals surface area contributed by atoms with Gasteiger partial charge in [-0.25, -0.2) is 14.8 Å². The van der Waals surface area contributed by atoms with Crippen molar-refractivity contribution in [1.82, 2.24) is 14.5 Å². The SMILES string of the molecule is NC(=O)CC(N1c2c(C(=O)O)ccnc2NC1c1cccs1)n1ccnc1. The lowest BCUT2D eigenvalue weighted by Crippen LogP contribution is -2.38. The minimum Gasteiger partial charge on any atom is -0.478 e. The number of hydrogen-bond acceptors (Lipinski definition) is 7. The van der Waals surface area contributed by atoms with Gasteiger partial charge in [-0.3, -0.25) is 4.79 Å². The molecule has 0 spiro atoms. The molecule has 4 rings (SSSR count). The number of imidazole rings is 1. The third kappa shape index (κ3) is 2.99. The van der Waals surface area contributed by atoms with Gasteiger partial charge in [0.25, 0.3) is 0 Å². The zero-order valence-electron chi connectivity index (χ0n) is 14.0. The molecule has 2 unspecified atom stereocenters. The predicted octanol–water partition coefficient (Wildman–Crippen LogP) is 2.04. The number of thiophene rings is 1.